The summed E-state index contributed by atoms with van der Waals surface area (Å²) >= 11 is 0. The second-order valence-corrected chi connectivity index (χ2v) is 4.89. The summed E-state index contributed by atoms with van der Waals surface area (Å²) in [6.07, 6.45) is 0.0537. The van der Waals surface area contributed by atoms with E-state index in [1.807, 2.05) is 0 Å². The average Bonchev–Trinajstić information content (AvgIpc) is 3.02. The summed E-state index contributed by atoms with van der Waals surface area (Å²) in [5.74, 6) is -3.24. The molecule has 23 heavy (non-hydrogen) atoms. The molecule has 1 aliphatic rings. The molecule has 1 N–H and O–H groups in total. The zero-order valence-corrected chi connectivity index (χ0v) is 11.9. The van der Waals surface area contributed by atoms with Gasteiger partial charge in [0.05, 0.1) is 5.69 Å². The summed E-state index contributed by atoms with van der Waals surface area (Å²) in [6, 6.07) is 6.72. The molecule has 0 saturated heterocycles. The van der Waals surface area contributed by atoms with Gasteiger partial charge >= 0.3 is 0 Å². The van der Waals surface area contributed by atoms with Crippen molar-refractivity contribution >= 4 is 11.5 Å². The van der Waals surface area contributed by atoms with Crippen LogP contribution in [0.1, 0.15) is 16.8 Å². The van der Waals surface area contributed by atoms with Gasteiger partial charge < -0.3 is 14.8 Å². The van der Waals surface area contributed by atoms with Crippen molar-refractivity contribution in [3.63, 3.8) is 0 Å². The molecule has 0 amide bonds. The van der Waals surface area contributed by atoms with Crippen molar-refractivity contribution in [2.24, 2.45) is 0 Å². The topological polar surface area (TPSA) is 47.6 Å². The zero-order chi connectivity index (χ0) is 16.4. The van der Waals surface area contributed by atoms with Gasteiger partial charge in [0.15, 0.2) is 34.7 Å². The van der Waals surface area contributed by atoms with E-state index in [1.54, 1.807) is 18.2 Å². The predicted octanol–water partition coefficient (Wildman–Crippen LogP) is 3.52. The van der Waals surface area contributed by atoms with Crippen molar-refractivity contribution in [2.45, 2.75) is 6.42 Å². The third-order valence-electron chi connectivity index (χ3n) is 3.40. The van der Waals surface area contributed by atoms with Crippen LogP contribution >= 0.6 is 0 Å². The normalized spacial score (nSPS) is 12.3. The summed E-state index contributed by atoms with van der Waals surface area (Å²) in [4.78, 5) is 12.1. The highest BCUT2D eigenvalue weighted by molar-refractivity contribution is 5.97. The van der Waals surface area contributed by atoms with Crippen LogP contribution in [-0.2, 0) is 0 Å². The lowest BCUT2D eigenvalue weighted by molar-refractivity contribution is 0.0986. The first-order valence-corrected chi connectivity index (χ1v) is 6.86. The van der Waals surface area contributed by atoms with E-state index in [1.165, 1.54) is 0 Å². The Labute approximate surface area is 129 Å². The number of benzene rings is 2. The van der Waals surface area contributed by atoms with E-state index in [0.717, 1.165) is 12.1 Å². The molecule has 0 saturated carbocycles. The van der Waals surface area contributed by atoms with Crippen molar-refractivity contribution in [3.8, 4) is 11.5 Å². The second kappa shape index (κ2) is 6.20. The highest BCUT2D eigenvalue weighted by Gasteiger charge is 2.17. The number of carbonyl (C=O) groups excluding carboxylic acids is 1. The Bertz CT molecular complexity index is 764. The van der Waals surface area contributed by atoms with Crippen LogP contribution < -0.4 is 14.8 Å². The van der Waals surface area contributed by atoms with Gasteiger partial charge in [-0.1, -0.05) is 0 Å². The standard InChI is InChI=1S/C16H12F3NO3/c17-10-2-3-11(16(19)15(10)18)20-6-5-12(21)9-1-4-13-14(7-9)23-8-22-13/h1-4,7,20H,5-6,8H2. The van der Waals surface area contributed by atoms with Crippen LogP contribution in [-0.4, -0.2) is 19.1 Å². The third kappa shape index (κ3) is 3.08. The van der Waals surface area contributed by atoms with Crippen LogP contribution in [0.5, 0.6) is 11.5 Å². The Morgan fingerprint density at radius 1 is 1.04 bits per heavy atom. The summed E-state index contributed by atoms with van der Waals surface area (Å²) in [7, 11) is 0. The van der Waals surface area contributed by atoms with Gasteiger partial charge in [-0.25, -0.2) is 13.2 Å². The number of ether oxygens (including phenoxy) is 2. The summed E-state index contributed by atoms with van der Waals surface area (Å²) in [5.41, 5.74) is 0.240. The van der Waals surface area contributed by atoms with Crippen LogP contribution in [0.2, 0.25) is 0 Å². The molecule has 0 aromatic heterocycles. The first-order valence-electron chi connectivity index (χ1n) is 6.86. The molecule has 2 aromatic carbocycles. The van der Waals surface area contributed by atoms with E-state index in [9.17, 15) is 18.0 Å². The molecule has 120 valence electrons. The van der Waals surface area contributed by atoms with E-state index in [4.69, 9.17) is 9.47 Å². The molecular weight excluding hydrogens is 311 g/mol. The first kappa shape index (κ1) is 15.2. The Morgan fingerprint density at radius 2 is 1.83 bits per heavy atom. The maximum atomic E-state index is 13.5. The molecular formula is C16H12F3NO3. The van der Waals surface area contributed by atoms with Gasteiger partial charge in [0, 0.05) is 18.5 Å². The Hall–Kier alpha value is -2.70. The number of carbonyl (C=O) groups is 1. The number of nitrogens with one attached hydrogen (secondary N) is 1. The molecule has 0 bridgehead atoms. The van der Waals surface area contributed by atoms with Crippen LogP contribution in [0.25, 0.3) is 0 Å². The number of hydrogen-bond acceptors (Lipinski definition) is 4. The molecule has 1 aliphatic heterocycles. The summed E-state index contributed by atoms with van der Waals surface area (Å²) in [6.45, 7) is 0.194. The van der Waals surface area contributed by atoms with Gasteiger partial charge in [0.25, 0.3) is 0 Å². The van der Waals surface area contributed by atoms with Crippen molar-refractivity contribution < 1.29 is 27.4 Å². The monoisotopic (exact) mass is 323 g/mol. The lowest BCUT2D eigenvalue weighted by atomic mass is 10.1. The largest absolute Gasteiger partial charge is 0.454 e. The second-order valence-electron chi connectivity index (χ2n) is 4.89. The lowest BCUT2D eigenvalue weighted by Gasteiger charge is -2.08. The van der Waals surface area contributed by atoms with E-state index in [-0.39, 0.29) is 31.2 Å². The van der Waals surface area contributed by atoms with Gasteiger partial charge in [-0.3, -0.25) is 4.79 Å². The smallest absolute Gasteiger partial charge is 0.231 e. The number of hydrogen-bond donors (Lipinski definition) is 1. The molecule has 0 radical (unpaired) electrons. The number of ketones is 1. The van der Waals surface area contributed by atoms with E-state index in [0.29, 0.717) is 17.1 Å². The Morgan fingerprint density at radius 3 is 2.65 bits per heavy atom. The van der Waals surface area contributed by atoms with Gasteiger partial charge in [-0.15, -0.1) is 0 Å². The SMILES string of the molecule is O=C(CCNc1ccc(F)c(F)c1F)c1ccc2c(c1)OCO2. The predicted molar refractivity (Wildman–Crippen MR) is 76.3 cm³/mol. The number of Topliss-reactive ketones (excluding diaryl/α,β-unsaturated/α-hetero) is 1. The fraction of sp³-hybridized carbons (Fsp3) is 0.188. The van der Waals surface area contributed by atoms with E-state index < -0.39 is 17.5 Å². The van der Waals surface area contributed by atoms with Gasteiger partial charge in [-0.05, 0) is 30.3 Å². The van der Waals surface area contributed by atoms with E-state index in [2.05, 4.69) is 5.32 Å². The highest BCUT2D eigenvalue weighted by atomic mass is 19.2. The summed E-state index contributed by atoms with van der Waals surface area (Å²) in [5, 5.41) is 2.58. The van der Waals surface area contributed by atoms with Crippen molar-refractivity contribution in [3.05, 3.63) is 53.3 Å². The number of rotatable bonds is 5. The minimum absolute atomic E-state index is 0.0537. The summed E-state index contributed by atoms with van der Waals surface area (Å²) < 4.78 is 49.7. The maximum Gasteiger partial charge on any atom is 0.231 e. The molecule has 3 rings (SSSR count). The number of anilines is 1. The molecule has 0 spiro atoms. The molecule has 0 aliphatic carbocycles. The Balaban J connectivity index is 1.60. The molecule has 7 heteroatoms. The molecule has 2 aromatic rings. The number of fused-ring (bicyclic) bond motifs is 1. The highest BCUT2D eigenvalue weighted by Crippen LogP contribution is 2.32. The lowest BCUT2D eigenvalue weighted by Crippen LogP contribution is -2.10. The molecule has 1 heterocycles. The van der Waals surface area contributed by atoms with E-state index >= 15 is 0 Å². The molecule has 4 nitrogen and oxygen atoms in total. The number of halogens is 3. The van der Waals surface area contributed by atoms with Crippen molar-refractivity contribution in [2.75, 3.05) is 18.7 Å². The van der Waals surface area contributed by atoms with Gasteiger partial charge in [0.2, 0.25) is 6.79 Å². The van der Waals surface area contributed by atoms with Crippen molar-refractivity contribution in [1.29, 1.82) is 0 Å². The fourth-order valence-electron chi connectivity index (χ4n) is 2.19. The molecule has 0 unspecified atom stereocenters. The molecule has 0 fully saturated rings. The minimum Gasteiger partial charge on any atom is -0.454 e. The zero-order valence-electron chi connectivity index (χ0n) is 11.9. The first-order chi connectivity index (χ1) is 11.1. The molecule has 0 atom stereocenters. The van der Waals surface area contributed by atoms with Crippen LogP contribution in [0.3, 0.4) is 0 Å². The quantitative estimate of drug-likeness (QED) is 0.676. The van der Waals surface area contributed by atoms with Crippen LogP contribution in [0, 0.1) is 17.5 Å². The van der Waals surface area contributed by atoms with Crippen molar-refractivity contribution in [1.82, 2.24) is 0 Å². The van der Waals surface area contributed by atoms with Crippen LogP contribution in [0.4, 0.5) is 18.9 Å². The Kier molecular flexibility index (Phi) is 4.10. The van der Waals surface area contributed by atoms with Crippen LogP contribution in [0.15, 0.2) is 30.3 Å². The third-order valence-corrected chi connectivity index (χ3v) is 3.40. The average molecular weight is 323 g/mol. The van der Waals surface area contributed by atoms with Gasteiger partial charge in [-0.2, -0.15) is 0 Å². The fourth-order valence-corrected chi connectivity index (χ4v) is 2.19. The minimum atomic E-state index is -1.54. The maximum absolute atomic E-state index is 13.5. The van der Waals surface area contributed by atoms with Gasteiger partial charge in [0.1, 0.15) is 0 Å².